The SMILES string of the molecule is CC(C)c1cc(CC2CCC(C)(C)CC2)nc2cc(C(=O)O)nn12. The quantitative estimate of drug-likeness (QED) is 0.907. The van der Waals surface area contributed by atoms with Crippen molar-refractivity contribution in [2.45, 2.75) is 65.7 Å². The molecule has 0 spiro atoms. The molecule has 1 aliphatic rings. The Hall–Kier alpha value is -1.91. The molecule has 0 aromatic carbocycles. The molecule has 3 rings (SSSR count). The number of carboxylic acids is 1. The van der Waals surface area contributed by atoms with Gasteiger partial charge in [-0.3, -0.25) is 0 Å². The van der Waals surface area contributed by atoms with Gasteiger partial charge in [0.05, 0.1) is 0 Å². The van der Waals surface area contributed by atoms with Gasteiger partial charge in [-0.25, -0.2) is 14.3 Å². The third-order valence-electron chi connectivity index (χ3n) is 5.27. The molecule has 1 aliphatic carbocycles. The van der Waals surface area contributed by atoms with Gasteiger partial charge in [-0.05, 0) is 55.4 Å². The monoisotopic (exact) mass is 329 g/mol. The number of carbonyl (C=O) groups is 1. The summed E-state index contributed by atoms with van der Waals surface area (Å²) >= 11 is 0. The first-order valence-electron chi connectivity index (χ1n) is 8.88. The third kappa shape index (κ3) is 3.45. The Morgan fingerprint density at radius 1 is 1.33 bits per heavy atom. The van der Waals surface area contributed by atoms with Crippen molar-refractivity contribution in [3.63, 3.8) is 0 Å². The molecule has 0 atom stereocenters. The number of rotatable bonds is 4. The number of aromatic carboxylic acids is 1. The highest BCUT2D eigenvalue weighted by molar-refractivity contribution is 5.86. The van der Waals surface area contributed by atoms with Crippen LogP contribution in [0.4, 0.5) is 0 Å². The molecule has 0 radical (unpaired) electrons. The molecule has 0 bridgehead atoms. The maximum Gasteiger partial charge on any atom is 0.356 e. The van der Waals surface area contributed by atoms with E-state index in [9.17, 15) is 9.90 Å². The van der Waals surface area contributed by atoms with Crippen LogP contribution >= 0.6 is 0 Å². The van der Waals surface area contributed by atoms with Crippen molar-refractivity contribution >= 4 is 11.6 Å². The van der Waals surface area contributed by atoms with Crippen LogP contribution in [0.15, 0.2) is 12.1 Å². The summed E-state index contributed by atoms with van der Waals surface area (Å²) in [5.74, 6) is -0.0674. The Bertz CT molecular complexity index is 751. The average Bonchev–Trinajstić information content (AvgIpc) is 2.92. The van der Waals surface area contributed by atoms with Gasteiger partial charge in [-0.15, -0.1) is 0 Å². The molecule has 0 unspecified atom stereocenters. The zero-order chi connectivity index (χ0) is 17.5. The molecule has 5 heteroatoms. The second kappa shape index (κ2) is 6.19. The summed E-state index contributed by atoms with van der Waals surface area (Å²) in [5, 5.41) is 13.4. The zero-order valence-electron chi connectivity index (χ0n) is 15.0. The molecular weight excluding hydrogens is 302 g/mol. The summed E-state index contributed by atoms with van der Waals surface area (Å²) in [6.45, 7) is 8.90. The van der Waals surface area contributed by atoms with Gasteiger partial charge in [-0.1, -0.05) is 27.7 Å². The van der Waals surface area contributed by atoms with Crippen molar-refractivity contribution in [3.05, 3.63) is 29.2 Å². The molecule has 1 saturated carbocycles. The van der Waals surface area contributed by atoms with E-state index in [0.29, 0.717) is 17.0 Å². The normalized spacial score (nSPS) is 18.4. The fraction of sp³-hybridized carbons (Fsp3) is 0.632. The second-order valence-electron chi connectivity index (χ2n) is 8.24. The maximum absolute atomic E-state index is 11.2. The third-order valence-corrected chi connectivity index (χ3v) is 5.27. The van der Waals surface area contributed by atoms with E-state index in [-0.39, 0.29) is 11.6 Å². The highest BCUT2D eigenvalue weighted by Gasteiger charge is 2.27. The van der Waals surface area contributed by atoms with Gasteiger partial charge in [0.2, 0.25) is 0 Å². The molecule has 1 N–H and O–H groups in total. The lowest BCUT2D eigenvalue weighted by Gasteiger charge is -2.34. The van der Waals surface area contributed by atoms with Crippen LogP contribution in [0.3, 0.4) is 0 Å². The fourth-order valence-electron chi connectivity index (χ4n) is 3.63. The van der Waals surface area contributed by atoms with E-state index in [0.717, 1.165) is 17.8 Å². The molecular formula is C19H27N3O2. The van der Waals surface area contributed by atoms with Gasteiger partial charge in [-0.2, -0.15) is 5.10 Å². The van der Waals surface area contributed by atoms with E-state index in [1.165, 1.54) is 25.7 Å². The van der Waals surface area contributed by atoms with Crippen LogP contribution < -0.4 is 0 Å². The first-order valence-corrected chi connectivity index (χ1v) is 8.88. The first-order chi connectivity index (χ1) is 11.2. The van der Waals surface area contributed by atoms with Crippen molar-refractivity contribution in [1.82, 2.24) is 14.6 Å². The minimum atomic E-state index is -1.01. The van der Waals surface area contributed by atoms with Gasteiger partial charge < -0.3 is 5.11 Å². The smallest absolute Gasteiger partial charge is 0.356 e. The largest absolute Gasteiger partial charge is 0.476 e. The molecule has 2 aromatic heterocycles. The molecule has 0 saturated heterocycles. The molecule has 0 aliphatic heterocycles. The molecule has 130 valence electrons. The molecule has 0 amide bonds. The Morgan fingerprint density at radius 3 is 2.58 bits per heavy atom. The Kier molecular flexibility index (Phi) is 4.37. The van der Waals surface area contributed by atoms with Crippen LogP contribution in [0.1, 0.15) is 81.2 Å². The summed E-state index contributed by atoms with van der Waals surface area (Å²) in [7, 11) is 0. The highest BCUT2D eigenvalue weighted by Crippen LogP contribution is 2.39. The lowest BCUT2D eigenvalue weighted by atomic mass is 9.72. The van der Waals surface area contributed by atoms with Crippen molar-refractivity contribution < 1.29 is 9.90 Å². The minimum Gasteiger partial charge on any atom is -0.476 e. The van der Waals surface area contributed by atoms with Crippen LogP contribution in [0.2, 0.25) is 0 Å². The zero-order valence-corrected chi connectivity index (χ0v) is 15.0. The predicted octanol–water partition coefficient (Wildman–Crippen LogP) is 4.31. The van der Waals surface area contributed by atoms with E-state index in [2.05, 4.69) is 43.8 Å². The predicted molar refractivity (Wildman–Crippen MR) is 93.5 cm³/mol. The summed E-state index contributed by atoms with van der Waals surface area (Å²) in [6.07, 6.45) is 6.01. The summed E-state index contributed by atoms with van der Waals surface area (Å²) in [6, 6.07) is 3.68. The molecule has 5 nitrogen and oxygen atoms in total. The number of aromatic nitrogens is 3. The number of carboxylic acid groups (broad SMARTS) is 1. The minimum absolute atomic E-state index is 0.0564. The van der Waals surface area contributed by atoms with Crippen molar-refractivity contribution in [1.29, 1.82) is 0 Å². The van der Waals surface area contributed by atoms with Crippen LogP contribution in [0.5, 0.6) is 0 Å². The second-order valence-corrected chi connectivity index (χ2v) is 8.24. The summed E-state index contributed by atoms with van der Waals surface area (Å²) in [5.41, 5.74) is 3.26. The van der Waals surface area contributed by atoms with E-state index in [4.69, 9.17) is 0 Å². The summed E-state index contributed by atoms with van der Waals surface area (Å²) in [4.78, 5) is 15.9. The van der Waals surface area contributed by atoms with Gasteiger partial charge in [0.25, 0.3) is 0 Å². The van der Waals surface area contributed by atoms with Crippen molar-refractivity contribution in [2.75, 3.05) is 0 Å². The lowest BCUT2D eigenvalue weighted by Crippen LogP contribution is -2.22. The van der Waals surface area contributed by atoms with E-state index >= 15 is 0 Å². The van der Waals surface area contributed by atoms with E-state index in [1.54, 1.807) is 10.6 Å². The van der Waals surface area contributed by atoms with Crippen molar-refractivity contribution in [3.8, 4) is 0 Å². The van der Waals surface area contributed by atoms with Gasteiger partial charge in [0.15, 0.2) is 11.3 Å². The van der Waals surface area contributed by atoms with E-state index in [1.807, 2.05) is 0 Å². The topological polar surface area (TPSA) is 67.5 Å². The lowest BCUT2D eigenvalue weighted by molar-refractivity contribution is 0.0690. The van der Waals surface area contributed by atoms with Crippen LogP contribution in [-0.4, -0.2) is 25.7 Å². The standard InChI is InChI=1S/C19H27N3O2/c1-12(2)16-10-14(9-13-5-7-19(3,4)8-6-13)20-17-11-15(18(23)24)21-22(16)17/h10-13H,5-9H2,1-4H3,(H,23,24). The number of hydrogen-bond donors (Lipinski definition) is 1. The number of nitrogens with zero attached hydrogens (tertiary/aromatic N) is 3. The van der Waals surface area contributed by atoms with Crippen LogP contribution in [-0.2, 0) is 6.42 Å². The number of fused-ring (bicyclic) bond motifs is 1. The first kappa shape index (κ1) is 16.9. The van der Waals surface area contributed by atoms with Crippen molar-refractivity contribution in [2.24, 2.45) is 11.3 Å². The molecule has 24 heavy (non-hydrogen) atoms. The molecule has 2 heterocycles. The Balaban J connectivity index is 1.90. The number of hydrogen-bond acceptors (Lipinski definition) is 3. The summed E-state index contributed by atoms with van der Waals surface area (Å²) < 4.78 is 1.68. The van der Waals surface area contributed by atoms with E-state index < -0.39 is 5.97 Å². The van der Waals surface area contributed by atoms with Gasteiger partial charge in [0.1, 0.15) is 0 Å². The fourth-order valence-corrected chi connectivity index (χ4v) is 3.63. The maximum atomic E-state index is 11.2. The Morgan fingerprint density at radius 2 is 2.00 bits per heavy atom. The van der Waals surface area contributed by atoms with Gasteiger partial charge >= 0.3 is 5.97 Å². The van der Waals surface area contributed by atoms with Crippen LogP contribution in [0.25, 0.3) is 5.65 Å². The molecule has 2 aromatic rings. The molecule has 1 fully saturated rings. The highest BCUT2D eigenvalue weighted by atomic mass is 16.4. The average molecular weight is 329 g/mol. The Labute approximate surface area is 143 Å². The van der Waals surface area contributed by atoms with Crippen LogP contribution in [0, 0.1) is 11.3 Å². The van der Waals surface area contributed by atoms with Gasteiger partial charge in [0, 0.05) is 17.5 Å².